The summed E-state index contributed by atoms with van der Waals surface area (Å²) in [7, 11) is 0. The molecule has 1 heterocycles. The number of carbonyl (C=O) groups is 1. The van der Waals surface area contributed by atoms with Crippen molar-refractivity contribution in [1.29, 1.82) is 5.26 Å². The van der Waals surface area contributed by atoms with Crippen molar-refractivity contribution >= 4 is 5.91 Å². The smallest absolute Gasteiger partial charge is 0.235 e. The van der Waals surface area contributed by atoms with Gasteiger partial charge in [-0.05, 0) is 39.5 Å². The zero-order valence-electron chi connectivity index (χ0n) is 14.5. The maximum atomic E-state index is 12.3. The number of rotatable bonds is 7. The monoisotopic (exact) mass is 322 g/mol. The SMILES string of the molecule is CCOCCN1CCN(CC(=O)NC2(C#N)CCCC2)C[C@H]1C. The summed E-state index contributed by atoms with van der Waals surface area (Å²) in [6.07, 6.45) is 3.64. The summed E-state index contributed by atoms with van der Waals surface area (Å²) >= 11 is 0. The van der Waals surface area contributed by atoms with Crippen LogP contribution in [0.15, 0.2) is 0 Å². The van der Waals surface area contributed by atoms with Gasteiger partial charge in [-0.2, -0.15) is 5.26 Å². The molecule has 6 nitrogen and oxygen atoms in total. The molecule has 0 bridgehead atoms. The van der Waals surface area contributed by atoms with E-state index < -0.39 is 5.54 Å². The highest BCUT2D eigenvalue weighted by molar-refractivity contribution is 5.79. The Bertz CT molecular complexity index is 429. The standard InChI is InChI=1S/C17H30N4O2/c1-3-23-11-10-21-9-8-20(12-15(21)2)13-16(22)19-17(14-18)6-4-5-7-17/h15H,3-13H2,1-2H3,(H,19,22)/t15-/m1/s1. The lowest BCUT2D eigenvalue weighted by molar-refractivity contribution is -0.124. The maximum Gasteiger partial charge on any atom is 0.235 e. The van der Waals surface area contributed by atoms with Gasteiger partial charge in [0.2, 0.25) is 5.91 Å². The average molecular weight is 322 g/mol. The summed E-state index contributed by atoms with van der Waals surface area (Å²) in [4.78, 5) is 16.9. The quantitative estimate of drug-likeness (QED) is 0.708. The Balaban J connectivity index is 1.74. The molecule has 0 aromatic heterocycles. The van der Waals surface area contributed by atoms with E-state index in [4.69, 9.17) is 4.74 Å². The lowest BCUT2D eigenvalue weighted by Gasteiger charge is -2.39. The number of hydrogen-bond acceptors (Lipinski definition) is 5. The van der Waals surface area contributed by atoms with E-state index in [2.05, 4.69) is 28.1 Å². The van der Waals surface area contributed by atoms with Crippen LogP contribution in [0.25, 0.3) is 0 Å². The van der Waals surface area contributed by atoms with Crippen LogP contribution in [-0.2, 0) is 9.53 Å². The summed E-state index contributed by atoms with van der Waals surface area (Å²) in [5, 5.41) is 12.3. The first kappa shape index (κ1) is 18.2. The molecule has 0 spiro atoms. The fraction of sp³-hybridized carbons (Fsp3) is 0.882. The topological polar surface area (TPSA) is 68.6 Å². The van der Waals surface area contributed by atoms with Gasteiger partial charge in [0.05, 0.1) is 19.2 Å². The van der Waals surface area contributed by atoms with E-state index in [-0.39, 0.29) is 5.91 Å². The first-order valence-electron chi connectivity index (χ1n) is 8.85. The van der Waals surface area contributed by atoms with Crippen molar-refractivity contribution in [2.75, 3.05) is 45.9 Å². The predicted octanol–water partition coefficient (Wildman–Crippen LogP) is 0.982. The molecule has 2 aliphatic rings. The third kappa shape index (κ3) is 5.17. The number of hydrogen-bond donors (Lipinski definition) is 1. The number of nitriles is 1. The summed E-state index contributed by atoms with van der Waals surface area (Å²) in [6, 6.07) is 2.74. The first-order valence-corrected chi connectivity index (χ1v) is 8.85. The molecule has 6 heteroatoms. The summed E-state index contributed by atoms with van der Waals surface area (Å²) < 4.78 is 5.42. The number of nitrogens with zero attached hydrogens (tertiary/aromatic N) is 3. The van der Waals surface area contributed by atoms with Gasteiger partial charge in [0.15, 0.2) is 0 Å². The summed E-state index contributed by atoms with van der Waals surface area (Å²) in [5.41, 5.74) is -0.609. The zero-order chi connectivity index (χ0) is 16.7. The molecule has 1 aliphatic heterocycles. The van der Waals surface area contributed by atoms with Crippen LogP contribution in [0.5, 0.6) is 0 Å². The second-order valence-corrected chi connectivity index (χ2v) is 6.77. The van der Waals surface area contributed by atoms with E-state index in [1.807, 2.05) is 6.92 Å². The van der Waals surface area contributed by atoms with Crippen molar-refractivity contribution in [3.63, 3.8) is 0 Å². The fourth-order valence-corrected chi connectivity index (χ4v) is 3.63. The molecule has 130 valence electrons. The third-order valence-corrected chi connectivity index (χ3v) is 4.99. The molecule has 2 fully saturated rings. The Hall–Kier alpha value is -1.16. The van der Waals surface area contributed by atoms with Gasteiger partial charge in [0, 0.05) is 38.8 Å². The van der Waals surface area contributed by atoms with Gasteiger partial charge in [-0.3, -0.25) is 14.6 Å². The molecule has 0 unspecified atom stereocenters. The number of carbonyl (C=O) groups excluding carboxylic acids is 1. The molecule has 0 aromatic rings. The molecule has 1 saturated carbocycles. The van der Waals surface area contributed by atoms with Crippen LogP contribution in [0.3, 0.4) is 0 Å². The van der Waals surface area contributed by atoms with Crippen LogP contribution in [0, 0.1) is 11.3 Å². The van der Waals surface area contributed by atoms with Crippen LogP contribution in [0.2, 0.25) is 0 Å². The van der Waals surface area contributed by atoms with Gasteiger partial charge in [-0.15, -0.1) is 0 Å². The van der Waals surface area contributed by atoms with Gasteiger partial charge < -0.3 is 10.1 Å². The molecule has 1 aliphatic carbocycles. The fourth-order valence-electron chi connectivity index (χ4n) is 3.63. The predicted molar refractivity (Wildman–Crippen MR) is 88.9 cm³/mol. The number of ether oxygens (including phenoxy) is 1. The molecule has 0 radical (unpaired) electrons. The lowest BCUT2D eigenvalue weighted by Crippen LogP contribution is -2.56. The van der Waals surface area contributed by atoms with Crippen LogP contribution < -0.4 is 5.32 Å². The largest absolute Gasteiger partial charge is 0.380 e. The minimum Gasteiger partial charge on any atom is -0.380 e. The molecule has 1 saturated heterocycles. The van der Waals surface area contributed by atoms with Crippen LogP contribution in [0.1, 0.15) is 39.5 Å². The van der Waals surface area contributed by atoms with Crippen molar-refractivity contribution in [1.82, 2.24) is 15.1 Å². The average Bonchev–Trinajstić information content (AvgIpc) is 2.98. The van der Waals surface area contributed by atoms with Crippen LogP contribution in [-0.4, -0.2) is 73.2 Å². The summed E-state index contributed by atoms with van der Waals surface area (Å²) in [6.45, 7) is 9.83. The number of amides is 1. The second kappa shape index (κ2) is 8.62. The molecular formula is C17H30N4O2. The highest BCUT2D eigenvalue weighted by Gasteiger charge is 2.36. The van der Waals surface area contributed by atoms with Gasteiger partial charge in [0.25, 0.3) is 0 Å². The second-order valence-electron chi connectivity index (χ2n) is 6.77. The van der Waals surface area contributed by atoms with Crippen molar-refractivity contribution in [3.8, 4) is 6.07 Å². The van der Waals surface area contributed by atoms with Crippen molar-refractivity contribution in [3.05, 3.63) is 0 Å². The first-order chi connectivity index (χ1) is 11.1. The van der Waals surface area contributed by atoms with E-state index in [1.54, 1.807) is 0 Å². The Morgan fingerprint density at radius 2 is 2.13 bits per heavy atom. The van der Waals surface area contributed by atoms with Crippen molar-refractivity contribution < 1.29 is 9.53 Å². The van der Waals surface area contributed by atoms with Crippen molar-refractivity contribution in [2.24, 2.45) is 0 Å². The van der Waals surface area contributed by atoms with E-state index in [9.17, 15) is 10.1 Å². The van der Waals surface area contributed by atoms with Gasteiger partial charge in [-0.1, -0.05) is 0 Å². The summed E-state index contributed by atoms with van der Waals surface area (Å²) in [5.74, 6) is -0.0107. The Morgan fingerprint density at radius 3 is 2.74 bits per heavy atom. The molecular weight excluding hydrogens is 292 g/mol. The van der Waals surface area contributed by atoms with Gasteiger partial charge in [-0.25, -0.2) is 0 Å². The van der Waals surface area contributed by atoms with Crippen LogP contribution in [0.4, 0.5) is 0 Å². The number of piperazine rings is 1. The van der Waals surface area contributed by atoms with E-state index >= 15 is 0 Å². The van der Waals surface area contributed by atoms with Crippen molar-refractivity contribution in [2.45, 2.75) is 51.1 Å². The highest BCUT2D eigenvalue weighted by Crippen LogP contribution is 2.28. The van der Waals surface area contributed by atoms with E-state index in [1.165, 1.54) is 0 Å². The van der Waals surface area contributed by atoms with E-state index in [0.717, 1.165) is 65.1 Å². The minimum atomic E-state index is -0.609. The number of nitrogens with one attached hydrogen (secondary N) is 1. The Kier molecular flexibility index (Phi) is 6.82. The highest BCUT2D eigenvalue weighted by atomic mass is 16.5. The zero-order valence-corrected chi connectivity index (χ0v) is 14.5. The minimum absolute atomic E-state index is 0.0107. The normalized spacial score (nSPS) is 25.2. The molecule has 0 aromatic carbocycles. The molecule has 2 rings (SSSR count). The Morgan fingerprint density at radius 1 is 1.39 bits per heavy atom. The van der Waals surface area contributed by atoms with Gasteiger partial charge in [0.1, 0.15) is 5.54 Å². The van der Waals surface area contributed by atoms with E-state index in [0.29, 0.717) is 12.6 Å². The molecule has 1 amide bonds. The molecule has 1 N–H and O–H groups in total. The maximum absolute atomic E-state index is 12.3. The third-order valence-electron chi connectivity index (χ3n) is 4.99. The Labute approximate surface area is 139 Å². The van der Waals surface area contributed by atoms with Crippen LogP contribution >= 0.6 is 0 Å². The van der Waals surface area contributed by atoms with Gasteiger partial charge >= 0.3 is 0 Å². The lowest BCUT2D eigenvalue weighted by atomic mass is 10.00. The molecule has 1 atom stereocenters. The molecule has 23 heavy (non-hydrogen) atoms.